The van der Waals surface area contributed by atoms with Crippen molar-refractivity contribution < 1.29 is 4.79 Å². The molecular weight excluding hydrogens is 266 g/mol. The topological polar surface area (TPSA) is 78.0 Å². The van der Waals surface area contributed by atoms with Crippen molar-refractivity contribution in [3.8, 4) is 11.3 Å². The smallest absolute Gasteiger partial charge is 0.275 e. The van der Waals surface area contributed by atoms with E-state index in [-0.39, 0.29) is 12.1 Å². The number of fused-ring (bicyclic) bond motifs is 1. The lowest BCUT2D eigenvalue weighted by Gasteiger charge is -2.10. The van der Waals surface area contributed by atoms with Crippen molar-refractivity contribution in [3.63, 3.8) is 0 Å². The molecule has 0 aliphatic carbocycles. The zero-order chi connectivity index (χ0) is 14.8. The first kappa shape index (κ1) is 13.1. The number of primary amides is 1. The maximum atomic E-state index is 12.3. The van der Waals surface area contributed by atoms with Gasteiger partial charge in [-0.15, -0.1) is 0 Å². The van der Waals surface area contributed by atoms with Gasteiger partial charge in [0.1, 0.15) is 6.54 Å². The minimum absolute atomic E-state index is 0.233. The molecule has 21 heavy (non-hydrogen) atoms. The Morgan fingerprint density at radius 2 is 1.62 bits per heavy atom. The van der Waals surface area contributed by atoms with Crippen molar-refractivity contribution >= 4 is 16.7 Å². The van der Waals surface area contributed by atoms with Gasteiger partial charge in [-0.05, 0) is 6.07 Å². The molecule has 0 radical (unpaired) electrons. The van der Waals surface area contributed by atoms with Crippen molar-refractivity contribution in [2.24, 2.45) is 5.73 Å². The lowest BCUT2D eigenvalue weighted by atomic mass is 10.1. The van der Waals surface area contributed by atoms with Gasteiger partial charge in [-0.25, -0.2) is 4.68 Å². The molecule has 0 aliphatic heterocycles. The number of carbonyl (C=O) groups excluding carboxylic acids is 1. The highest BCUT2D eigenvalue weighted by Gasteiger charge is 2.12. The molecule has 5 nitrogen and oxygen atoms in total. The highest BCUT2D eigenvalue weighted by atomic mass is 16.2. The van der Waals surface area contributed by atoms with Crippen molar-refractivity contribution in [2.75, 3.05) is 0 Å². The summed E-state index contributed by atoms with van der Waals surface area (Å²) < 4.78 is 1.12. The molecule has 0 atom stereocenters. The first-order valence-corrected chi connectivity index (χ1v) is 6.50. The van der Waals surface area contributed by atoms with Gasteiger partial charge in [0.2, 0.25) is 5.91 Å². The van der Waals surface area contributed by atoms with E-state index in [9.17, 15) is 9.59 Å². The van der Waals surface area contributed by atoms with Gasteiger partial charge in [0.25, 0.3) is 5.56 Å². The summed E-state index contributed by atoms with van der Waals surface area (Å²) >= 11 is 0. The molecular formula is C16H13N3O2. The number of hydrogen-bond donors (Lipinski definition) is 1. The van der Waals surface area contributed by atoms with Crippen LogP contribution < -0.4 is 11.3 Å². The van der Waals surface area contributed by atoms with Gasteiger partial charge >= 0.3 is 0 Å². The maximum absolute atomic E-state index is 12.3. The molecule has 3 rings (SSSR count). The molecule has 1 aromatic heterocycles. The molecule has 0 bridgehead atoms. The Kier molecular flexibility index (Phi) is 3.23. The Bertz CT molecular complexity index is 870. The summed E-state index contributed by atoms with van der Waals surface area (Å²) in [5.41, 5.74) is 6.41. The van der Waals surface area contributed by atoms with E-state index >= 15 is 0 Å². The van der Waals surface area contributed by atoms with Gasteiger partial charge in [0.05, 0.1) is 11.1 Å². The van der Waals surface area contributed by atoms with Crippen LogP contribution in [-0.2, 0) is 11.3 Å². The predicted molar refractivity (Wildman–Crippen MR) is 80.6 cm³/mol. The number of amides is 1. The summed E-state index contributed by atoms with van der Waals surface area (Å²) in [6, 6.07) is 16.7. The van der Waals surface area contributed by atoms with Gasteiger partial charge in [-0.3, -0.25) is 9.59 Å². The normalized spacial score (nSPS) is 10.7. The summed E-state index contributed by atoms with van der Waals surface area (Å²) in [7, 11) is 0. The Labute approximate surface area is 120 Å². The standard InChI is InChI=1S/C16H13N3O2/c17-14(20)10-19-16(21)13-9-5-4-8-12(13)15(18-19)11-6-2-1-3-7-11/h1-9H,10H2,(H2,17,20). The number of carbonyl (C=O) groups is 1. The Morgan fingerprint density at radius 3 is 2.29 bits per heavy atom. The van der Waals surface area contributed by atoms with Crippen LogP contribution in [0.25, 0.3) is 22.0 Å². The number of aromatic nitrogens is 2. The lowest BCUT2D eigenvalue weighted by Crippen LogP contribution is -2.30. The van der Waals surface area contributed by atoms with Crippen LogP contribution in [0.2, 0.25) is 0 Å². The predicted octanol–water partition coefficient (Wildman–Crippen LogP) is 1.55. The molecule has 1 amide bonds. The SMILES string of the molecule is NC(=O)Cn1nc(-c2ccccc2)c2ccccc2c1=O. The molecule has 0 unspecified atom stereocenters. The van der Waals surface area contributed by atoms with Gasteiger partial charge in [0.15, 0.2) is 0 Å². The fourth-order valence-electron chi connectivity index (χ4n) is 2.30. The highest BCUT2D eigenvalue weighted by molar-refractivity contribution is 5.93. The summed E-state index contributed by atoms with van der Waals surface area (Å²) in [6.45, 7) is -0.233. The minimum Gasteiger partial charge on any atom is -0.368 e. The van der Waals surface area contributed by atoms with Crippen LogP contribution in [0.3, 0.4) is 0 Å². The van der Waals surface area contributed by atoms with E-state index in [0.717, 1.165) is 15.6 Å². The van der Waals surface area contributed by atoms with Gasteiger partial charge in [0, 0.05) is 10.9 Å². The quantitative estimate of drug-likeness (QED) is 0.790. The van der Waals surface area contributed by atoms with E-state index in [1.54, 1.807) is 12.1 Å². The van der Waals surface area contributed by atoms with Crippen LogP contribution >= 0.6 is 0 Å². The third-order valence-corrected chi connectivity index (χ3v) is 3.22. The second-order valence-electron chi connectivity index (χ2n) is 4.69. The summed E-state index contributed by atoms with van der Waals surface area (Å²) in [5, 5.41) is 5.59. The number of nitrogens with two attached hydrogens (primary N) is 1. The number of benzene rings is 2. The number of hydrogen-bond acceptors (Lipinski definition) is 3. The molecule has 0 saturated heterocycles. The second-order valence-corrected chi connectivity index (χ2v) is 4.69. The molecule has 1 heterocycles. The first-order chi connectivity index (χ1) is 10.2. The molecule has 104 valence electrons. The van der Waals surface area contributed by atoms with Crippen molar-refractivity contribution in [1.82, 2.24) is 9.78 Å². The van der Waals surface area contributed by atoms with Crippen LogP contribution in [0, 0.1) is 0 Å². The van der Waals surface area contributed by atoms with E-state index in [1.165, 1.54) is 0 Å². The maximum Gasteiger partial charge on any atom is 0.275 e. The Hall–Kier alpha value is -2.95. The summed E-state index contributed by atoms with van der Waals surface area (Å²) in [5.74, 6) is -0.598. The fraction of sp³-hybridized carbons (Fsp3) is 0.0625. The van der Waals surface area contributed by atoms with E-state index in [1.807, 2.05) is 42.5 Å². The van der Waals surface area contributed by atoms with Crippen molar-refractivity contribution in [1.29, 1.82) is 0 Å². The van der Waals surface area contributed by atoms with Crippen molar-refractivity contribution in [2.45, 2.75) is 6.54 Å². The van der Waals surface area contributed by atoms with E-state index < -0.39 is 5.91 Å². The molecule has 0 fully saturated rings. The van der Waals surface area contributed by atoms with Gasteiger partial charge < -0.3 is 5.73 Å². The van der Waals surface area contributed by atoms with Crippen LogP contribution in [0.15, 0.2) is 59.4 Å². The number of rotatable bonds is 3. The van der Waals surface area contributed by atoms with Gasteiger partial charge in [-0.1, -0.05) is 48.5 Å². The first-order valence-electron chi connectivity index (χ1n) is 6.50. The zero-order valence-electron chi connectivity index (χ0n) is 11.2. The zero-order valence-corrected chi connectivity index (χ0v) is 11.2. The van der Waals surface area contributed by atoms with Crippen LogP contribution in [0.1, 0.15) is 0 Å². The third-order valence-electron chi connectivity index (χ3n) is 3.22. The Morgan fingerprint density at radius 1 is 1.00 bits per heavy atom. The van der Waals surface area contributed by atoms with E-state index in [2.05, 4.69) is 5.10 Å². The van der Waals surface area contributed by atoms with Crippen LogP contribution in [0.5, 0.6) is 0 Å². The molecule has 2 N–H and O–H groups in total. The third kappa shape index (κ3) is 2.41. The minimum atomic E-state index is -0.598. The van der Waals surface area contributed by atoms with Crippen LogP contribution in [0.4, 0.5) is 0 Å². The largest absolute Gasteiger partial charge is 0.368 e. The molecule has 0 spiro atoms. The monoisotopic (exact) mass is 279 g/mol. The summed E-state index contributed by atoms with van der Waals surface area (Å²) in [4.78, 5) is 23.5. The number of nitrogens with zero attached hydrogens (tertiary/aromatic N) is 2. The average molecular weight is 279 g/mol. The van der Waals surface area contributed by atoms with E-state index in [0.29, 0.717) is 11.1 Å². The lowest BCUT2D eigenvalue weighted by molar-refractivity contribution is -0.118. The van der Waals surface area contributed by atoms with Crippen molar-refractivity contribution in [3.05, 3.63) is 65.0 Å². The molecule has 3 aromatic rings. The molecule has 0 saturated carbocycles. The van der Waals surface area contributed by atoms with E-state index in [4.69, 9.17) is 5.73 Å². The Balaban J connectivity index is 2.35. The summed E-state index contributed by atoms with van der Waals surface area (Å²) in [6.07, 6.45) is 0. The average Bonchev–Trinajstić information content (AvgIpc) is 2.51. The van der Waals surface area contributed by atoms with Gasteiger partial charge in [-0.2, -0.15) is 5.10 Å². The molecule has 2 aromatic carbocycles. The molecule has 0 aliphatic rings. The fourth-order valence-corrected chi connectivity index (χ4v) is 2.30. The second kappa shape index (κ2) is 5.20. The van der Waals surface area contributed by atoms with Crippen LogP contribution in [-0.4, -0.2) is 15.7 Å². The molecule has 5 heteroatoms. The highest BCUT2D eigenvalue weighted by Crippen LogP contribution is 2.24.